The highest BCUT2D eigenvalue weighted by molar-refractivity contribution is 9.11. The van der Waals surface area contributed by atoms with E-state index >= 15 is 0 Å². The third-order valence-electron chi connectivity index (χ3n) is 2.73. The summed E-state index contributed by atoms with van der Waals surface area (Å²) in [6.07, 6.45) is 1.09. The summed E-state index contributed by atoms with van der Waals surface area (Å²) in [4.78, 5) is 1.42. The van der Waals surface area contributed by atoms with Crippen LogP contribution in [0.2, 0.25) is 0 Å². The zero-order valence-electron chi connectivity index (χ0n) is 10.2. The Morgan fingerprint density at radius 1 is 1.17 bits per heavy atom. The van der Waals surface area contributed by atoms with Crippen molar-refractivity contribution in [2.45, 2.75) is 19.9 Å². The standard InChI is InChI=1S/C14H15Br2NS/c1-10-8-11(2-4-13(10)15)9-17-7-6-12-3-5-14(16)18-12/h2-5,8,17H,6-7,9H2,1H3. The van der Waals surface area contributed by atoms with Gasteiger partial charge in [0.25, 0.3) is 0 Å². The Hall–Kier alpha value is -0.160. The average molecular weight is 389 g/mol. The van der Waals surface area contributed by atoms with E-state index in [1.807, 2.05) is 11.3 Å². The van der Waals surface area contributed by atoms with Gasteiger partial charge in [-0.15, -0.1) is 11.3 Å². The maximum atomic E-state index is 3.52. The van der Waals surface area contributed by atoms with Crippen molar-refractivity contribution < 1.29 is 0 Å². The van der Waals surface area contributed by atoms with Crippen molar-refractivity contribution in [3.63, 3.8) is 0 Å². The highest BCUT2D eigenvalue weighted by Gasteiger charge is 1.99. The van der Waals surface area contributed by atoms with Crippen LogP contribution in [0.5, 0.6) is 0 Å². The third-order valence-corrected chi connectivity index (χ3v) is 5.30. The zero-order valence-corrected chi connectivity index (χ0v) is 14.2. The molecule has 1 nitrogen and oxygen atoms in total. The van der Waals surface area contributed by atoms with Crippen LogP contribution in [0, 0.1) is 6.92 Å². The van der Waals surface area contributed by atoms with Gasteiger partial charge in [0.1, 0.15) is 0 Å². The highest BCUT2D eigenvalue weighted by Crippen LogP contribution is 2.22. The third kappa shape index (κ3) is 4.19. The molecule has 0 fully saturated rings. The van der Waals surface area contributed by atoms with Gasteiger partial charge in [-0.1, -0.05) is 28.1 Å². The molecular formula is C14H15Br2NS. The first-order chi connectivity index (χ1) is 8.65. The molecule has 2 rings (SSSR count). The lowest BCUT2D eigenvalue weighted by atomic mass is 10.1. The molecule has 0 radical (unpaired) electrons. The van der Waals surface area contributed by atoms with E-state index in [2.05, 4.69) is 74.4 Å². The fourth-order valence-electron chi connectivity index (χ4n) is 1.75. The van der Waals surface area contributed by atoms with E-state index in [4.69, 9.17) is 0 Å². The van der Waals surface area contributed by atoms with Crippen LogP contribution >= 0.6 is 43.2 Å². The maximum Gasteiger partial charge on any atom is 0.0701 e. The molecule has 0 atom stereocenters. The lowest BCUT2D eigenvalue weighted by molar-refractivity contribution is 0.690. The molecule has 0 aliphatic carbocycles. The molecule has 18 heavy (non-hydrogen) atoms. The van der Waals surface area contributed by atoms with Gasteiger partial charge >= 0.3 is 0 Å². The van der Waals surface area contributed by atoms with Crippen LogP contribution in [0.15, 0.2) is 38.6 Å². The van der Waals surface area contributed by atoms with Gasteiger partial charge in [-0.05, 0) is 58.6 Å². The molecule has 0 aliphatic rings. The second-order valence-electron chi connectivity index (χ2n) is 4.22. The molecule has 0 aliphatic heterocycles. The van der Waals surface area contributed by atoms with Crippen LogP contribution < -0.4 is 5.32 Å². The molecule has 0 spiro atoms. The number of hydrogen-bond donors (Lipinski definition) is 1. The van der Waals surface area contributed by atoms with Crippen molar-refractivity contribution in [3.05, 3.63) is 54.6 Å². The molecule has 0 saturated heterocycles. The monoisotopic (exact) mass is 387 g/mol. The summed E-state index contributed by atoms with van der Waals surface area (Å²) < 4.78 is 2.38. The minimum absolute atomic E-state index is 0.931. The van der Waals surface area contributed by atoms with Crippen molar-refractivity contribution in [2.24, 2.45) is 0 Å². The predicted octanol–water partition coefficient (Wildman–Crippen LogP) is 4.91. The average Bonchev–Trinajstić information content (AvgIpc) is 2.75. The van der Waals surface area contributed by atoms with Gasteiger partial charge in [0.2, 0.25) is 0 Å². The fourth-order valence-corrected chi connectivity index (χ4v) is 3.48. The summed E-state index contributed by atoms with van der Waals surface area (Å²) >= 11 is 8.82. The van der Waals surface area contributed by atoms with Gasteiger partial charge < -0.3 is 5.32 Å². The minimum Gasteiger partial charge on any atom is -0.312 e. The van der Waals surface area contributed by atoms with E-state index in [-0.39, 0.29) is 0 Å². The molecule has 1 N–H and O–H groups in total. The topological polar surface area (TPSA) is 12.0 Å². The van der Waals surface area contributed by atoms with E-state index in [9.17, 15) is 0 Å². The van der Waals surface area contributed by atoms with Gasteiger partial charge in [0, 0.05) is 22.4 Å². The summed E-state index contributed by atoms with van der Waals surface area (Å²) in [6, 6.07) is 10.8. The molecule has 1 heterocycles. The van der Waals surface area contributed by atoms with Crippen LogP contribution in [0.4, 0.5) is 0 Å². The van der Waals surface area contributed by atoms with E-state index < -0.39 is 0 Å². The van der Waals surface area contributed by atoms with E-state index in [0.717, 1.165) is 19.5 Å². The summed E-state index contributed by atoms with van der Waals surface area (Å²) in [5.41, 5.74) is 2.62. The SMILES string of the molecule is Cc1cc(CNCCc2ccc(Br)s2)ccc1Br. The fraction of sp³-hybridized carbons (Fsp3) is 0.286. The first-order valence-electron chi connectivity index (χ1n) is 5.85. The van der Waals surface area contributed by atoms with Crippen molar-refractivity contribution in [2.75, 3.05) is 6.54 Å². The summed E-state index contributed by atoms with van der Waals surface area (Å²) in [5.74, 6) is 0. The number of benzene rings is 1. The molecule has 1 aromatic heterocycles. The predicted molar refractivity (Wildman–Crippen MR) is 86.3 cm³/mol. The number of rotatable bonds is 5. The Labute approximate surface area is 129 Å². The van der Waals surface area contributed by atoms with Gasteiger partial charge in [-0.2, -0.15) is 0 Å². The van der Waals surface area contributed by atoms with E-state index in [0.29, 0.717) is 0 Å². The van der Waals surface area contributed by atoms with E-state index in [1.54, 1.807) is 0 Å². The van der Waals surface area contributed by atoms with Gasteiger partial charge in [0.15, 0.2) is 0 Å². The van der Waals surface area contributed by atoms with Crippen molar-refractivity contribution >= 4 is 43.2 Å². The van der Waals surface area contributed by atoms with Gasteiger partial charge in [-0.25, -0.2) is 0 Å². The van der Waals surface area contributed by atoms with E-state index in [1.165, 1.54) is 24.3 Å². The molecule has 2 aromatic rings. The van der Waals surface area contributed by atoms with Crippen LogP contribution in [-0.2, 0) is 13.0 Å². The van der Waals surface area contributed by atoms with Crippen LogP contribution in [0.25, 0.3) is 0 Å². The largest absolute Gasteiger partial charge is 0.312 e. The molecule has 0 unspecified atom stereocenters. The van der Waals surface area contributed by atoms with Crippen LogP contribution in [0.3, 0.4) is 0 Å². The molecule has 0 amide bonds. The van der Waals surface area contributed by atoms with Crippen molar-refractivity contribution in [1.29, 1.82) is 0 Å². The maximum absolute atomic E-state index is 3.52. The smallest absolute Gasteiger partial charge is 0.0701 e. The highest BCUT2D eigenvalue weighted by atomic mass is 79.9. The Bertz CT molecular complexity index is 522. The van der Waals surface area contributed by atoms with Crippen molar-refractivity contribution in [3.8, 4) is 0 Å². The van der Waals surface area contributed by atoms with Crippen LogP contribution in [-0.4, -0.2) is 6.54 Å². The Morgan fingerprint density at radius 2 is 2.00 bits per heavy atom. The number of halogens is 2. The lowest BCUT2D eigenvalue weighted by Crippen LogP contribution is -2.16. The second-order valence-corrected chi connectivity index (χ2v) is 7.62. The Morgan fingerprint density at radius 3 is 2.67 bits per heavy atom. The first-order valence-corrected chi connectivity index (χ1v) is 8.25. The minimum atomic E-state index is 0.931. The number of aryl methyl sites for hydroxylation is 1. The molecule has 0 saturated carbocycles. The molecular weight excluding hydrogens is 374 g/mol. The summed E-state index contributed by atoms with van der Waals surface area (Å²) in [7, 11) is 0. The number of nitrogens with one attached hydrogen (secondary N) is 1. The molecule has 1 aromatic carbocycles. The Balaban J connectivity index is 1.76. The summed E-state index contributed by atoms with van der Waals surface area (Å²) in [6.45, 7) is 4.07. The van der Waals surface area contributed by atoms with Gasteiger partial charge in [0.05, 0.1) is 3.79 Å². The molecule has 96 valence electrons. The molecule has 4 heteroatoms. The second kappa shape index (κ2) is 6.85. The molecule has 0 bridgehead atoms. The summed E-state index contributed by atoms with van der Waals surface area (Å²) in [5, 5.41) is 3.48. The Kier molecular flexibility index (Phi) is 5.42. The quantitative estimate of drug-likeness (QED) is 0.717. The normalized spacial score (nSPS) is 10.8. The first kappa shape index (κ1) is 14.3. The lowest BCUT2D eigenvalue weighted by Gasteiger charge is -2.06. The van der Waals surface area contributed by atoms with Crippen LogP contribution in [0.1, 0.15) is 16.0 Å². The zero-order chi connectivity index (χ0) is 13.0. The van der Waals surface area contributed by atoms with Gasteiger partial charge in [-0.3, -0.25) is 0 Å². The number of thiophene rings is 1. The number of hydrogen-bond acceptors (Lipinski definition) is 2. The van der Waals surface area contributed by atoms with Crippen molar-refractivity contribution in [1.82, 2.24) is 5.32 Å².